The molecule has 2 amide bonds. The van der Waals surface area contributed by atoms with Gasteiger partial charge in [0.1, 0.15) is 6.61 Å². The van der Waals surface area contributed by atoms with Crippen molar-refractivity contribution in [2.75, 3.05) is 16.4 Å². The number of nitrogen functional groups attached to an aromatic ring is 1. The van der Waals surface area contributed by atoms with Gasteiger partial charge in [-0.2, -0.15) is 0 Å². The van der Waals surface area contributed by atoms with Gasteiger partial charge in [0.05, 0.1) is 28.8 Å². The van der Waals surface area contributed by atoms with Crippen LogP contribution in [0.15, 0.2) is 109 Å². The highest BCUT2D eigenvalue weighted by molar-refractivity contribution is 5.99. The van der Waals surface area contributed by atoms with Gasteiger partial charge in [-0.1, -0.05) is 60.7 Å². The predicted octanol–water partition coefficient (Wildman–Crippen LogP) is 5.79. The third-order valence-electron chi connectivity index (χ3n) is 5.80. The van der Waals surface area contributed by atoms with Gasteiger partial charge in [-0.3, -0.25) is 10.3 Å². The topological polar surface area (TPSA) is 132 Å². The number of hydrogen-bond donors (Lipinski definition) is 3. The van der Waals surface area contributed by atoms with Crippen molar-refractivity contribution < 1.29 is 14.3 Å². The van der Waals surface area contributed by atoms with Crippen LogP contribution in [0.5, 0.6) is 0 Å². The second-order valence-corrected chi connectivity index (χ2v) is 8.54. The molecule has 9 heteroatoms. The summed E-state index contributed by atoms with van der Waals surface area (Å²) in [5, 5.41) is 13.7. The molecule has 9 nitrogen and oxygen atoms in total. The number of carbonyl (C=O) groups excluding carboxylic acids is 2. The summed E-state index contributed by atoms with van der Waals surface area (Å²) in [6, 6.07) is 30.2. The van der Waals surface area contributed by atoms with Crippen LogP contribution in [0.25, 0.3) is 22.5 Å². The van der Waals surface area contributed by atoms with Crippen molar-refractivity contribution in [1.29, 1.82) is 0 Å². The van der Waals surface area contributed by atoms with Crippen molar-refractivity contribution >= 4 is 29.2 Å². The average Bonchev–Trinajstić information content (AvgIpc) is 2.98. The van der Waals surface area contributed by atoms with Gasteiger partial charge in [-0.15, -0.1) is 10.2 Å². The maximum absolute atomic E-state index is 12.6. The molecule has 3 aromatic carbocycles. The first-order valence-electron chi connectivity index (χ1n) is 12.1. The Balaban J connectivity index is 1.18. The zero-order valence-electron chi connectivity index (χ0n) is 20.7. The molecule has 5 rings (SSSR count). The van der Waals surface area contributed by atoms with E-state index in [0.29, 0.717) is 34.0 Å². The van der Waals surface area contributed by atoms with Gasteiger partial charge in [0.15, 0.2) is 5.82 Å². The molecule has 0 spiro atoms. The molecule has 0 radical (unpaired) electrons. The van der Waals surface area contributed by atoms with E-state index in [9.17, 15) is 9.59 Å². The summed E-state index contributed by atoms with van der Waals surface area (Å²) in [5.74, 6) is -0.187. The summed E-state index contributed by atoms with van der Waals surface area (Å²) >= 11 is 0. The number of para-hydroxylation sites is 1. The highest BCUT2D eigenvalue weighted by Gasteiger charge is 2.12. The quantitative estimate of drug-likeness (QED) is 0.233. The number of carbonyl (C=O) groups is 2. The molecule has 2 aromatic heterocycles. The molecule has 0 aliphatic rings. The smallest absolute Gasteiger partial charge is 0.338 e. The minimum atomic E-state index is -0.498. The minimum Gasteiger partial charge on any atom is -0.457 e. The molecule has 4 N–H and O–H groups in total. The number of aromatic nitrogens is 3. The maximum Gasteiger partial charge on any atom is 0.338 e. The molecule has 0 unspecified atom stereocenters. The second kappa shape index (κ2) is 11.7. The van der Waals surface area contributed by atoms with Gasteiger partial charge in [-0.25, -0.2) is 9.59 Å². The Kier molecular flexibility index (Phi) is 7.50. The van der Waals surface area contributed by atoms with Gasteiger partial charge in [0.2, 0.25) is 0 Å². The fourth-order valence-corrected chi connectivity index (χ4v) is 3.78. The fourth-order valence-electron chi connectivity index (χ4n) is 3.78. The van der Waals surface area contributed by atoms with Crippen LogP contribution in [0.2, 0.25) is 0 Å². The van der Waals surface area contributed by atoms with E-state index < -0.39 is 12.0 Å². The van der Waals surface area contributed by atoms with Crippen LogP contribution in [0.4, 0.5) is 22.0 Å². The van der Waals surface area contributed by atoms with Crippen molar-refractivity contribution in [3.63, 3.8) is 0 Å². The lowest BCUT2D eigenvalue weighted by Crippen LogP contribution is -2.21. The Bertz CT molecular complexity index is 1570. The van der Waals surface area contributed by atoms with Crippen LogP contribution in [0.3, 0.4) is 0 Å². The molecule has 39 heavy (non-hydrogen) atoms. The number of esters is 1. The Hall–Kier alpha value is -5.57. The number of nitrogens with one attached hydrogen (secondary N) is 2. The van der Waals surface area contributed by atoms with E-state index in [-0.39, 0.29) is 6.61 Å². The van der Waals surface area contributed by atoms with Crippen molar-refractivity contribution in [3.05, 3.63) is 120 Å². The van der Waals surface area contributed by atoms with Gasteiger partial charge in [0, 0.05) is 22.4 Å². The Morgan fingerprint density at radius 3 is 2.15 bits per heavy atom. The van der Waals surface area contributed by atoms with E-state index in [2.05, 4.69) is 25.8 Å². The first kappa shape index (κ1) is 25.1. The number of urea groups is 1. The second-order valence-electron chi connectivity index (χ2n) is 8.54. The van der Waals surface area contributed by atoms with E-state index in [4.69, 9.17) is 10.5 Å². The lowest BCUT2D eigenvalue weighted by molar-refractivity contribution is 0.0473. The Morgan fingerprint density at radius 1 is 0.718 bits per heavy atom. The Labute approximate surface area is 224 Å². The third kappa shape index (κ3) is 6.41. The number of amides is 2. The van der Waals surface area contributed by atoms with Gasteiger partial charge < -0.3 is 15.8 Å². The zero-order valence-corrected chi connectivity index (χ0v) is 20.7. The third-order valence-corrected chi connectivity index (χ3v) is 5.80. The number of ether oxygens (including phenoxy) is 1. The molecule has 0 saturated carbocycles. The molecule has 0 atom stereocenters. The molecule has 0 bridgehead atoms. The SMILES string of the molecule is Nc1ccc(-c2ccc(C(=O)OCc3ccccc3NC(=O)Nc3ccc(-c4ccccc4)nn3)cc2)nc1. The standard InChI is InChI=1S/C30H24N6O3/c31-24-14-15-25(32-18-24)21-10-12-22(13-11-21)29(37)39-19-23-8-4-5-9-26(23)33-30(38)34-28-17-16-27(35-36-28)20-6-2-1-3-7-20/h1-18H,19,31H2,(H2,33,34,36,38). The lowest BCUT2D eigenvalue weighted by Gasteiger charge is -2.12. The largest absolute Gasteiger partial charge is 0.457 e. The van der Waals surface area contributed by atoms with Crippen molar-refractivity contribution in [2.24, 2.45) is 0 Å². The van der Waals surface area contributed by atoms with Gasteiger partial charge in [-0.05, 0) is 42.5 Å². The molecule has 5 aromatic rings. The van der Waals surface area contributed by atoms with E-state index >= 15 is 0 Å². The number of nitrogens with zero attached hydrogens (tertiary/aromatic N) is 3. The van der Waals surface area contributed by atoms with E-state index in [0.717, 1.165) is 16.8 Å². The number of pyridine rings is 1. The molecule has 0 aliphatic heterocycles. The summed E-state index contributed by atoms with van der Waals surface area (Å²) in [4.78, 5) is 29.5. The van der Waals surface area contributed by atoms with Crippen LogP contribution in [0.1, 0.15) is 15.9 Å². The molecule has 0 aliphatic carbocycles. The average molecular weight is 517 g/mol. The summed E-state index contributed by atoms with van der Waals surface area (Å²) in [7, 11) is 0. The normalized spacial score (nSPS) is 10.5. The van der Waals surface area contributed by atoms with E-state index in [1.54, 1.807) is 72.9 Å². The summed E-state index contributed by atoms with van der Waals surface area (Å²) < 4.78 is 5.51. The lowest BCUT2D eigenvalue weighted by atomic mass is 10.1. The van der Waals surface area contributed by atoms with E-state index in [1.165, 1.54) is 0 Å². The predicted molar refractivity (Wildman–Crippen MR) is 150 cm³/mol. The molecule has 192 valence electrons. The monoisotopic (exact) mass is 516 g/mol. The number of anilines is 3. The molecular formula is C30H24N6O3. The maximum atomic E-state index is 12.6. The highest BCUT2D eigenvalue weighted by Crippen LogP contribution is 2.21. The first-order chi connectivity index (χ1) is 19.0. The summed E-state index contributed by atoms with van der Waals surface area (Å²) in [6.45, 7) is -0.0257. The first-order valence-corrected chi connectivity index (χ1v) is 12.1. The van der Waals surface area contributed by atoms with Crippen LogP contribution in [0, 0.1) is 0 Å². The van der Waals surface area contributed by atoms with Gasteiger partial charge in [0.25, 0.3) is 0 Å². The highest BCUT2D eigenvalue weighted by atomic mass is 16.5. The molecule has 2 heterocycles. The Morgan fingerprint density at radius 2 is 1.44 bits per heavy atom. The number of hydrogen-bond acceptors (Lipinski definition) is 7. The van der Waals surface area contributed by atoms with Crippen LogP contribution >= 0.6 is 0 Å². The summed E-state index contributed by atoms with van der Waals surface area (Å²) in [6.07, 6.45) is 1.58. The van der Waals surface area contributed by atoms with E-state index in [1.807, 2.05) is 36.4 Å². The molecule has 0 saturated heterocycles. The minimum absolute atomic E-state index is 0.0257. The molecule has 0 fully saturated rings. The van der Waals surface area contributed by atoms with Crippen LogP contribution in [-0.2, 0) is 11.3 Å². The molecular weight excluding hydrogens is 492 g/mol. The van der Waals surface area contributed by atoms with Crippen molar-refractivity contribution in [1.82, 2.24) is 15.2 Å². The summed E-state index contributed by atoms with van der Waals surface area (Å²) in [5.41, 5.74) is 11.0. The van der Waals surface area contributed by atoms with Crippen LogP contribution in [-0.4, -0.2) is 27.2 Å². The van der Waals surface area contributed by atoms with Gasteiger partial charge >= 0.3 is 12.0 Å². The number of rotatable bonds is 7. The van der Waals surface area contributed by atoms with Crippen LogP contribution < -0.4 is 16.4 Å². The number of nitrogens with two attached hydrogens (primary N) is 1. The van der Waals surface area contributed by atoms with Crippen molar-refractivity contribution in [3.8, 4) is 22.5 Å². The fraction of sp³-hybridized carbons (Fsp3) is 0.0333. The zero-order chi connectivity index (χ0) is 27.0. The number of benzene rings is 3. The van der Waals surface area contributed by atoms with Crippen molar-refractivity contribution in [2.45, 2.75) is 6.61 Å².